The maximum Gasteiger partial charge on any atom is 0.246 e. The number of nitrogens with one attached hydrogen (secondary N) is 2. The number of piperazine rings is 1. The van der Waals surface area contributed by atoms with Gasteiger partial charge in [0.1, 0.15) is 6.61 Å². The van der Waals surface area contributed by atoms with Crippen molar-refractivity contribution in [2.24, 2.45) is 0 Å². The summed E-state index contributed by atoms with van der Waals surface area (Å²) in [5.41, 5.74) is 0. The van der Waals surface area contributed by atoms with Gasteiger partial charge < -0.3 is 20.3 Å². The second-order valence-electron chi connectivity index (χ2n) is 5.96. The lowest BCUT2D eigenvalue weighted by Crippen LogP contribution is -2.54. The largest absolute Gasteiger partial charge is 0.368 e. The Bertz CT molecular complexity index is 308. The fraction of sp³-hybridized carbons (Fsp3) is 0.929. The molecule has 0 saturated carbocycles. The fourth-order valence-corrected chi connectivity index (χ4v) is 2.76. The van der Waals surface area contributed by atoms with E-state index in [9.17, 15) is 4.79 Å². The van der Waals surface area contributed by atoms with Crippen molar-refractivity contribution in [1.29, 1.82) is 0 Å². The summed E-state index contributed by atoms with van der Waals surface area (Å²) in [5.74, 6) is 0.00478. The van der Waals surface area contributed by atoms with Crippen molar-refractivity contribution in [1.82, 2.24) is 20.4 Å². The molecule has 2 saturated heterocycles. The Hall–Kier alpha value is -0.690. The molecule has 20 heavy (non-hydrogen) atoms. The minimum Gasteiger partial charge on any atom is -0.368 e. The van der Waals surface area contributed by atoms with Crippen LogP contribution in [0.2, 0.25) is 0 Å². The molecule has 0 aliphatic carbocycles. The molecule has 2 aliphatic rings. The fourth-order valence-electron chi connectivity index (χ4n) is 2.76. The highest BCUT2D eigenvalue weighted by Gasteiger charge is 2.22. The van der Waals surface area contributed by atoms with E-state index in [1.54, 1.807) is 0 Å². The van der Waals surface area contributed by atoms with Gasteiger partial charge in [0.05, 0.1) is 6.10 Å². The molecule has 0 aromatic carbocycles. The monoisotopic (exact) mass is 284 g/mol. The molecule has 2 rings (SSSR count). The quantitative estimate of drug-likeness (QED) is 0.686. The standard InChI is InChI=1S/C14H28N4O2/c1-17-7-8-18(2)12(10-17)9-16-14(19)11-20-13-3-5-15-6-4-13/h12-13,15H,3-11H2,1-2H3,(H,16,19). The van der Waals surface area contributed by atoms with Crippen LogP contribution >= 0.6 is 0 Å². The minimum atomic E-state index is 0.00478. The normalized spacial score (nSPS) is 26.6. The van der Waals surface area contributed by atoms with E-state index in [1.165, 1.54) is 0 Å². The third-order valence-corrected chi connectivity index (χ3v) is 4.25. The summed E-state index contributed by atoms with van der Waals surface area (Å²) in [6.07, 6.45) is 2.25. The van der Waals surface area contributed by atoms with Crippen LogP contribution in [-0.2, 0) is 9.53 Å². The third-order valence-electron chi connectivity index (χ3n) is 4.25. The smallest absolute Gasteiger partial charge is 0.246 e. The number of rotatable bonds is 5. The first-order chi connectivity index (χ1) is 9.65. The van der Waals surface area contributed by atoms with Crippen molar-refractivity contribution in [2.75, 3.05) is 60.0 Å². The zero-order chi connectivity index (χ0) is 14.4. The summed E-state index contributed by atoms with van der Waals surface area (Å²) in [4.78, 5) is 16.5. The average molecular weight is 284 g/mol. The number of hydrogen-bond acceptors (Lipinski definition) is 5. The van der Waals surface area contributed by atoms with Gasteiger partial charge in [0.2, 0.25) is 5.91 Å². The minimum absolute atomic E-state index is 0.00478. The van der Waals surface area contributed by atoms with E-state index in [-0.39, 0.29) is 18.6 Å². The molecular formula is C14H28N4O2. The second kappa shape index (κ2) is 7.93. The Morgan fingerprint density at radius 3 is 2.80 bits per heavy atom. The highest BCUT2D eigenvalue weighted by atomic mass is 16.5. The van der Waals surface area contributed by atoms with E-state index in [4.69, 9.17) is 4.74 Å². The maximum atomic E-state index is 11.8. The predicted octanol–water partition coefficient (Wildman–Crippen LogP) is -0.883. The number of carbonyl (C=O) groups excluding carboxylic acids is 1. The number of likely N-dealkylation sites (N-methyl/N-ethyl adjacent to an activating group) is 2. The van der Waals surface area contributed by atoms with Gasteiger partial charge in [0, 0.05) is 32.2 Å². The Morgan fingerprint density at radius 2 is 2.05 bits per heavy atom. The third kappa shape index (κ3) is 5.01. The van der Waals surface area contributed by atoms with Crippen LogP contribution in [0.1, 0.15) is 12.8 Å². The summed E-state index contributed by atoms with van der Waals surface area (Å²) in [5, 5.41) is 6.28. The summed E-state index contributed by atoms with van der Waals surface area (Å²) in [6, 6.07) is 0.400. The van der Waals surface area contributed by atoms with Crippen molar-refractivity contribution >= 4 is 5.91 Å². The highest BCUT2D eigenvalue weighted by Crippen LogP contribution is 2.07. The number of ether oxygens (including phenoxy) is 1. The van der Waals surface area contributed by atoms with Crippen molar-refractivity contribution in [3.63, 3.8) is 0 Å². The van der Waals surface area contributed by atoms with Crippen LogP contribution in [0, 0.1) is 0 Å². The van der Waals surface area contributed by atoms with E-state index in [0.29, 0.717) is 12.6 Å². The number of nitrogens with zero attached hydrogens (tertiary/aromatic N) is 2. The molecule has 116 valence electrons. The van der Waals surface area contributed by atoms with Crippen LogP contribution in [-0.4, -0.2) is 87.8 Å². The van der Waals surface area contributed by atoms with Crippen molar-refractivity contribution in [3.8, 4) is 0 Å². The molecule has 6 nitrogen and oxygen atoms in total. The lowest BCUT2D eigenvalue weighted by molar-refractivity contribution is -0.128. The molecule has 0 aromatic heterocycles. The molecule has 1 atom stereocenters. The average Bonchev–Trinajstić information content (AvgIpc) is 2.47. The molecule has 2 aliphatic heterocycles. The first-order valence-corrected chi connectivity index (χ1v) is 7.63. The molecule has 2 heterocycles. The summed E-state index contributed by atoms with van der Waals surface area (Å²) >= 11 is 0. The molecule has 1 unspecified atom stereocenters. The van der Waals surface area contributed by atoms with Gasteiger partial charge in [0.25, 0.3) is 0 Å². The second-order valence-corrected chi connectivity index (χ2v) is 5.96. The molecule has 2 N–H and O–H groups in total. The zero-order valence-electron chi connectivity index (χ0n) is 12.7. The number of amides is 1. The van der Waals surface area contributed by atoms with Crippen LogP contribution in [0.25, 0.3) is 0 Å². The zero-order valence-corrected chi connectivity index (χ0v) is 12.7. The highest BCUT2D eigenvalue weighted by molar-refractivity contribution is 5.77. The molecule has 2 fully saturated rings. The van der Waals surface area contributed by atoms with Gasteiger partial charge in [-0.1, -0.05) is 0 Å². The molecule has 0 bridgehead atoms. The van der Waals surface area contributed by atoms with E-state index >= 15 is 0 Å². The molecule has 1 amide bonds. The lowest BCUT2D eigenvalue weighted by Gasteiger charge is -2.37. The first-order valence-electron chi connectivity index (χ1n) is 7.63. The number of carbonyl (C=O) groups is 1. The SMILES string of the molecule is CN1CCN(C)C(CNC(=O)COC2CCNCC2)C1. The van der Waals surface area contributed by atoms with E-state index in [0.717, 1.165) is 45.6 Å². The molecule has 0 spiro atoms. The Balaban J connectivity index is 1.61. The molecule has 6 heteroatoms. The molecular weight excluding hydrogens is 256 g/mol. The molecule has 0 aromatic rings. The maximum absolute atomic E-state index is 11.8. The van der Waals surface area contributed by atoms with Gasteiger partial charge in [-0.2, -0.15) is 0 Å². The van der Waals surface area contributed by atoms with E-state index in [1.807, 2.05) is 0 Å². The van der Waals surface area contributed by atoms with Gasteiger partial charge >= 0.3 is 0 Å². The van der Waals surface area contributed by atoms with Crippen LogP contribution in [0.15, 0.2) is 0 Å². The van der Waals surface area contributed by atoms with Gasteiger partial charge in [-0.05, 0) is 40.0 Å². The summed E-state index contributed by atoms with van der Waals surface area (Å²) in [6.45, 7) is 6.04. The van der Waals surface area contributed by atoms with Crippen molar-refractivity contribution in [2.45, 2.75) is 25.0 Å². The van der Waals surface area contributed by atoms with Crippen molar-refractivity contribution < 1.29 is 9.53 Å². The van der Waals surface area contributed by atoms with Crippen LogP contribution in [0.3, 0.4) is 0 Å². The van der Waals surface area contributed by atoms with E-state index < -0.39 is 0 Å². The lowest BCUT2D eigenvalue weighted by atomic mass is 10.1. The van der Waals surface area contributed by atoms with Crippen molar-refractivity contribution in [3.05, 3.63) is 0 Å². The number of piperidine rings is 1. The van der Waals surface area contributed by atoms with Gasteiger partial charge in [-0.15, -0.1) is 0 Å². The Labute approximate surface area is 121 Å². The van der Waals surface area contributed by atoms with Gasteiger partial charge in [-0.3, -0.25) is 9.69 Å². The number of hydrogen-bond donors (Lipinski definition) is 2. The van der Waals surface area contributed by atoms with Crippen LogP contribution < -0.4 is 10.6 Å². The van der Waals surface area contributed by atoms with Gasteiger partial charge in [-0.25, -0.2) is 0 Å². The summed E-state index contributed by atoms with van der Waals surface area (Å²) in [7, 11) is 4.25. The summed E-state index contributed by atoms with van der Waals surface area (Å²) < 4.78 is 5.66. The van der Waals surface area contributed by atoms with Crippen LogP contribution in [0.5, 0.6) is 0 Å². The topological polar surface area (TPSA) is 56.8 Å². The first kappa shape index (κ1) is 15.7. The molecule has 0 radical (unpaired) electrons. The van der Waals surface area contributed by atoms with E-state index in [2.05, 4.69) is 34.5 Å². The Morgan fingerprint density at radius 1 is 1.30 bits per heavy atom. The van der Waals surface area contributed by atoms with Gasteiger partial charge in [0.15, 0.2) is 0 Å². The Kier molecular flexibility index (Phi) is 6.22. The van der Waals surface area contributed by atoms with Crippen LogP contribution in [0.4, 0.5) is 0 Å². The predicted molar refractivity (Wildman–Crippen MR) is 78.8 cm³/mol.